The first kappa shape index (κ1) is 12.9. The Morgan fingerprint density at radius 2 is 2.00 bits per heavy atom. The molecule has 2 rings (SSSR count). The van der Waals surface area contributed by atoms with Gasteiger partial charge in [0.2, 0.25) is 0 Å². The van der Waals surface area contributed by atoms with E-state index in [-0.39, 0.29) is 6.61 Å². The molecule has 1 aromatic rings. The van der Waals surface area contributed by atoms with Crippen molar-refractivity contribution in [1.29, 1.82) is 0 Å². The molecule has 1 aliphatic carbocycles. The van der Waals surface area contributed by atoms with Crippen LogP contribution in [0.3, 0.4) is 0 Å². The fraction of sp³-hybridized carbons (Fsp3) is 0.571. The van der Waals surface area contributed by atoms with E-state index < -0.39 is 0 Å². The van der Waals surface area contributed by atoms with Gasteiger partial charge in [-0.25, -0.2) is 0 Å². The number of rotatable bonds is 3. The highest BCUT2D eigenvalue weighted by atomic mass is 79.9. The summed E-state index contributed by atoms with van der Waals surface area (Å²) in [6.07, 6.45) is 5.02. The van der Waals surface area contributed by atoms with E-state index in [0.717, 1.165) is 34.5 Å². The fourth-order valence-electron chi connectivity index (χ4n) is 2.32. The number of ether oxygens (including phenoxy) is 1. The van der Waals surface area contributed by atoms with Gasteiger partial charge >= 0.3 is 0 Å². The van der Waals surface area contributed by atoms with Gasteiger partial charge < -0.3 is 9.84 Å². The van der Waals surface area contributed by atoms with Crippen molar-refractivity contribution in [3.63, 3.8) is 0 Å². The molecule has 0 heterocycles. The lowest BCUT2D eigenvalue weighted by molar-refractivity contribution is 0.131. The second kappa shape index (κ2) is 5.87. The molecule has 0 amide bonds. The number of benzene rings is 1. The third-order valence-electron chi connectivity index (χ3n) is 3.47. The smallest absolute Gasteiger partial charge is 0.139 e. The molecule has 17 heavy (non-hydrogen) atoms. The van der Waals surface area contributed by atoms with Crippen LogP contribution in [-0.4, -0.2) is 11.2 Å². The second-order valence-electron chi connectivity index (χ2n) is 4.89. The maximum Gasteiger partial charge on any atom is 0.139 e. The van der Waals surface area contributed by atoms with E-state index in [1.165, 1.54) is 12.8 Å². The SMILES string of the molecule is CC1CCC(Oc2c(Br)cccc2CO)CC1. The Morgan fingerprint density at radius 3 is 2.65 bits per heavy atom. The minimum atomic E-state index is 0.0257. The molecule has 3 heteroatoms. The monoisotopic (exact) mass is 298 g/mol. The highest BCUT2D eigenvalue weighted by molar-refractivity contribution is 9.10. The highest BCUT2D eigenvalue weighted by Crippen LogP contribution is 2.33. The van der Waals surface area contributed by atoms with Crippen molar-refractivity contribution in [2.75, 3.05) is 0 Å². The van der Waals surface area contributed by atoms with Gasteiger partial charge in [-0.3, -0.25) is 0 Å². The van der Waals surface area contributed by atoms with Crippen LogP contribution in [0.1, 0.15) is 38.2 Å². The van der Waals surface area contributed by atoms with E-state index in [1.54, 1.807) is 0 Å². The van der Waals surface area contributed by atoms with Gasteiger partial charge in [0.1, 0.15) is 5.75 Å². The van der Waals surface area contributed by atoms with Gasteiger partial charge in [0.15, 0.2) is 0 Å². The molecule has 0 atom stereocenters. The summed E-state index contributed by atoms with van der Waals surface area (Å²) in [6.45, 7) is 2.33. The van der Waals surface area contributed by atoms with Crippen molar-refractivity contribution < 1.29 is 9.84 Å². The number of aliphatic hydroxyl groups excluding tert-OH is 1. The van der Waals surface area contributed by atoms with Crippen LogP contribution in [0, 0.1) is 5.92 Å². The molecule has 0 spiro atoms. The summed E-state index contributed by atoms with van der Waals surface area (Å²) in [5.74, 6) is 1.64. The molecule has 0 unspecified atom stereocenters. The number of hydrogen-bond donors (Lipinski definition) is 1. The normalized spacial score (nSPS) is 24.6. The van der Waals surface area contributed by atoms with Crippen LogP contribution in [-0.2, 0) is 6.61 Å². The van der Waals surface area contributed by atoms with Gasteiger partial charge in [-0.1, -0.05) is 19.1 Å². The van der Waals surface area contributed by atoms with Crippen molar-refractivity contribution in [3.05, 3.63) is 28.2 Å². The fourth-order valence-corrected chi connectivity index (χ4v) is 2.82. The predicted molar refractivity (Wildman–Crippen MR) is 72.1 cm³/mol. The zero-order valence-corrected chi connectivity index (χ0v) is 11.7. The second-order valence-corrected chi connectivity index (χ2v) is 5.74. The molecule has 0 bridgehead atoms. The molecular formula is C14H19BrO2. The lowest BCUT2D eigenvalue weighted by atomic mass is 9.89. The summed E-state index contributed by atoms with van der Waals surface area (Å²) in [5.41, 5.74) is 0.859. The van der Waals surface area contributed by atoms with E-state index in [1.807, 2.05) is 18.2 Å². The molecule has 1 fully saturated rings. The molecule has 1 aliphatic rings. The van der Waals surface area contributed by atoms with E-state index >= 15 is 0 Å². The maximum absolute atomic E-state index is 9.31. The molecule has 2 nitrogen and oxygen atoms in total. The number of hydrogen-bond acceptors (Lipinski definition) is 2. The molecular weight excluding hydrogens is 280 g/mol. The molecule has 0 aliphatic heterocycles. The van der Waals surface area contributed by atoms with Gasteiger partial charge in [0.25, 0.3) is 0 Å². The van der Waals surface area contributed by atoms with Crippen molar-refractivity contribution in [2.24, 2.45) is 5.92 Å². The summed E-state index contributed by atoms with van der Waals surface area (Å²) in [7, 11) is 0. The third kappa shape index (κ3) is 3.23. The van der Waals surface area contributed by atoms with E-state index in [2.05, 4.69) is 22.9 Å². The van der Waals surface area contributed by atoms with Crippen LogP contribution >= 0.6 is 15.9 Å². The van der Waals surface area contributed by atoms with Crippen LogP contribution in [0.5, 0.6) is 5.75 Å². The summed E-state index contributed by atoms with van der Waals surface area (Å²) in [4.78, 5) is 0. The molecule has 1 aromatic carbocycles. The van der Waals surface area contributed by atoms with Crippen molar-refractivity contribution in [2.45, 2.75) is 45.3 Å². The first-order valence-corrected chi connectivity index (χ1v) is 7.05. The van der Waals surface area contributed by atoms with E-state index in [9.17, 15) is 5.11 Å². The minimum absolute atomic E-state index is 0.0257. The summed E-state index contributed by atoms with van der Waals surface area (Å²) >= 11 is 3.49. The molecule has 1 N–H and O–H groups in total. The van der Waals surface area contributed by atoms with Gasteiger partial charge in [-0.05, 0) is 53.6 Å². The number of para-hydroxylation sites is 1. The van der Waals surface area contributed by atoms with Gasteiger partial charge in [-0.15, -0.1) is 0 Å². The van der Waals surface area contributed by atoms with E-state index in [4.69, 9.17) is 4.74 Å². The maximum atomic E-state index is 9.31. The topological polar surface area (TPSA) is 29.5 Å². The Bertz CT molecular complexity index is 370. The zero-order chi connectivity index (χ0) is 12.3. The Labute approximate surface area is 111 Å². The Hall–Kier alpha value is -0.540. The van der Waals surface area contributed by atoms with Crippen molar-refractivity contribution in [3.8, 4) is 5.75 Å². The average Bonchev–Trinajstić information content (AvgIpc) is 2.34. The van der Waals surface area contributed by atoms with Crippen molar-refractivity contribution >= 4 is 15.9 Å². The molecule has 0 saturated heterocycles. The molecule has 0 aromatic heterocycles. The van der Waals surface area contributed by atoms with Crippen molar-refractivity contribution in [1.82, 2.24) is 0 Å². The van der Waals surface area contributed by atoms with Crippen LogP contribution < -0.4 is 4.74 Å². The minimum Gasteiger partial charge on any atom is -0.489 e. The number of aliphatic hydroxyl groups is 1. The molecule has 94 valence electrons. The summed E-state index contributed by atoms with van der Waals surface area (Å²) in [6, 6.07) is 5.79. The zero-order valence-electron chi connectivity index (χ0n) is 10.2. The molecule has 0 radical (unpaired) electrons. The highest BCUT2D eigenvalue weighted by Gasteiger charge is 2.21. The third-order valence-corrected chi connectivity index (χ3v) is 4.09. The predicted octanol–water partition coefficient (Wildman–Crippen LogP) is 3.90. The quantitative estimate of drug-likeness (QED) is 0.917. The molecule has 1 saturated carbocycles. The van der Waals surface area contributed by atoms with E-state index in [0.29, 0.717) is 6.10 Å². The largest absolute Gasteiger partial charge is 0.489 e. The average molecular weight is 299 g/mol. The summed E-state index contributed by atoms with van der Waals surface area (Å²) < 4.78 is 6.98. The van der Waals surface area contributed by atoms with Gasteiger partial charge in [0, 0.05) is 5.56 Å². The Kier molecular flexibility index (Phi) is 4.46. The Balaban J connectivity index is 2.07. The first-order valence-electron chi connectivity index (χ1n) is 6.25. The lowest BCUT2D eigenvalue weighted by Gasteiger charge is -2.28. The van der Waals surface area contributed by atoms with Crippen LogP contribution in [0.15, 0.2) is 22.7 Å². The summed E-state index contributed by atoms with van der Waals surface area (Å²) in [5, 5.41) is 9.31. The lowest BCUT2D eigenvalue weighted by Crippen LogP contribution is -2.23. The Morgan fingerprint density at radius 1 is 1.29 bits per heavy atom. The standard InChI is InChI=1S/C14H19BrO2/c1-10-5-7-12(8-6-10)17-14-11(9-16)3-2-4-13(14)15/h2-4,10,12,16H,5-9H2,1H3. The van der Waals surface area contributed by atoms with Crippen LogP contribution in [0.4, 0.5) is 0 Å². The van der Waals surface area contributed by atoms with Crippen LogP contribution in [0.25, 0.3) is 0 Å². The first-order chi connectivity index (χ1) is 8.20. The van der Waals surface area contributed by atoms with Crippen LogP contribution in [0.2, 0.25) is 0 Å². The van der Waals surface area contributed by atoms with Gasteiger partial charge in [-0.2, -0.15) is 0 Å². The number of halogens is 1. The van der Waals surface area contributed by atoms with Gasteiger partial charge in [0.05, 0.1) is 17.2 Å².